The van der Waals surface area contributed by atoms with Crippen molar-refractivity contribution in [1.82, 2.24) is 4.90 Å². The van der Waals surface area contributed by atoms with Crippen LogP contribution in [0.25, 0.3) is 0 Å². The van der Waals surface area contributed by atoms with E-state index in [2.05, 4.69) is 21.2 Å². The van der Waals surface area contributed by atoms with Crippen LogP contribution in [0.4, 0.5) is 11.4 Å². The maximum Gasteiger partial charge on any atom is 0.238 e. The molecule has 0 atom stereocenters. The molecule has 1 aliphatic rings. The van der Waals surface area contributed by atoms with E-state index in [1.165, 1.54) is 0 Å². The number of hydrogen-bond donors (Lipinski definition) is 1. The summed E-state index contributed by atoms with van der Waals surface area (Å²) in [4.78, 5) is 16.8. The summed E-state index contributed by atoms with van der Waals surface area (Å²) in [7, 11) is 1.69. The van der Waals surface area contributed by atoms with Gasteiger partial charge in [-0.3, -0.25) is 9.69 Å². The number of para-hydroxylation sites is 2. The van der Waals surface area contributed by atoms with Crippen molar-refractivity contribution in [2.24, 2.45) is 0 Å². The number of piperazine rings is 1. The molecule has 144 valence electrons. The molecule has 0 unspecified atom stereocenters. The quantitative estimate of drug-likeness (QED) is 0.813. The summed E-state index contributed by atoms with van der Waals surface area (Å²) in [5.41, 5.74) is 1.90. The van der Waals surface area contributed by atoms with Crippen molar-refractivity contribution >= 4 is 17.3 Å². The van der Waals surface area contributed by atoms with Crippen molar-refractivity contribution < 1.29 is 14.3 Å². The fourth-order valence-electron chi connectivity index (χ4n) is 3.24. The average molecular weight is 369 g/mol. The molecule has 6 heteroatoms. The number of nitrogens with zero attached hydrogens (tertiary/aromatic N) is 2. The third kappa shape index (κ3) is 5.14. The lowest BCUT2D eigenvalue weighted by molar-refractivity contribution is -0.117. The monoisotopic (exact) mass is 369 g/mol. The molecular weight excluding hydrogens is 342 g/mol. The zero-order valence-corrected chi connectivity index (χ0v) is 16.0. The lowest BCUT2D eigenvalue weighted by Crippen LogP contribution is -2.48. The van der Waals surface area contributed by atoms with Gasteiger partial charge in [-0.05, 0) is 43.3 Å². The van der Waals surface area contributed by atoms with E-state index in [4.69, 9.17) is 9.47 Å². The Morgan fingerprint density at radius 1 is 1.04 bits per heavy atom. The Bertz CT molecular complexity index is 741. The minimum absolute atomic E-state index is 0.00454. The Labute approximate surface area is 160 Å². The second-order valence-electron chi connectivity index (χ2n) is 6.44. The van der Waals surface area contributed by atoms with Crippen LogP contribution in [0.5, 0.6) is 11.5 Å². The van der Waals surface area contributed by atoms with Crippen LogP contribution in [0, 0.1) is 0 Å². The molecule has 1 aliphatic heterocycles. The second kappa shape index (κ2) is 9.28. The molecule has 1 fully saturated rings. The van der Waals surface area contributed by atoms with Gasteiger partial charge in [0.05, 0.1) is 25.9 Å². The van der Waals surface area contributed by atoms with Crippen molar-refractivity contribution in [3.05, 3.63) is 48.5 Å². The smallest absolute Gasteiger partial charge is 0.238 e. The number of amides is 1. The number of hydrogen-bond acceptors (Lipinski definition) is 5. The molecule has 6 nitrogen and oxygen atoms in total. The van der Waals surface area contributed by atoms with E-state index in [0.717, 1.165) is 49.1 Å². The topological polar surface area (TPSA) is 54.0 Å². The number of methoxy groups -OCH3 is 1. The maximum absolute atomic E-state index is 12.3. The van der Waals surface area contributed by atoms with Gasteiger partial charge in [-0.2, -0.15) is 0 Å². The number of carbonyl (C=O) groups excluding carboxylic acids is 1. The predicted molar refractivity (Wildman–Crippen MR) is 108 cm³/mol. The standard InChI is InChI=1S/C21H27N3O3/c1-3-27-18-10-8-17(9-11-18)22-21(25)16-23-12-14-24(15-13-23)19-6-4-5-7-20(19)26-2/h4-11H,3,12-16H2,1-2H3,(H,22,25). The van der Waals surface area contributed by atoms with Crippen LogP contribution in [0.15, 0.2) is 48.5 Å². The summed E-state index contributed by atoms with van der Waals surface area (Å²) in [5.74, 6) is 1.70. The Hall–Kier alpha value is -2.73. The van der Waals surface area contributed by atoms with E-state index < -0.39 is 0 Å². The second-order valence-corrected chi connectivity index (χ2v) is 6.44. The van der Waals surface area contributed by atoms with Crippen LogP contribution in [0.2, 0.25) is 0 Å². The van der Waals surface area contributed by atoms with Crippen molar-refractivity contribution in [2.45, 2.75) is 6.92 Å². The van der Waals surface area contributed by atoms with E-state index in [1.807, 2.05) is 49.4 Å². The SMILES string of the molecule is CCOc1ccc(NC(=O)CN2CCN(c3ccccc3OC)CC2)cc1. The molecule has 1 amide bonds. The third-order valence-corrected chi connectivity index (χ3v) is 4.61. The summed E-state index contributed by atoms with van der Waals surface area (Å²) < 4.78 is 10.9. The van der Waals surface area contributed by atoms with E-state index in [-0.39, 0.29) is 5.91 Å². The van der Waals surface area contributed by atoms with Gasteiger partial charge in [0.25, 0.3) is 0 Å². The van der Waals surface area contributed by atoms with E-state index >= 15 is 0 Å². The fourth-order valence-corrected chi connectivity index (χ4v) is 3.24. The number of benzene rings is 2. The first-order valence-electron chi connectivity index (χ1n) is 9.32. The van der Waals surface area contributed by atoms with Gasteiger partial charge >= 0.3 is 0 Å². The highest BCUT2D eigenvalue weighted by molar-refractivity contribution is 5.92. The van der Waals surface area contributed by atoms with E-state index in [0.29, 0.717) is 13.2 Å². The highest BCUT2D eigenvalue weighted by Gasteiger charge is 2.21. The molecule has 0 bridgehead atoms. The molecule has 0 aromatic heterocycles. The van der Waals surface area contributed by atoms with Crippen molar-refractivity contribution in [3.63, 3.8) is 0 Å². The van der Waals surface area contributed by atoms with Crippen LogP contribution in [-0.4, -0.2) is 57.2 Å². The molecule has 1 saturated heterocycles. The zero-order valence-electron chi connectivity index (χ0n) is 16.0. The van der Waals surface area contributed by atoms with Gasteiger partial charge < -0.3 is 19.7 Å². The van der Waals surface area contributed by atoms with Crippen molar-refractivity contribution in [1.29, 1.82) is 0 Å². The van der Waals surface area contributed by atoms with Gasteiger partial charge in [0.1, 0.15) is 11.5 Å². The molecule has 0 spiro atoms. The summed E-state index contributed by atoms with van der Waals surface area (Å²) in [6.45, 7) is 6.40. The molecule has 0 radical (unpaired) electrons. The number of carbonyl (C=O) groups is 1. The van der Waals surface area contributed by atoms with Gasteiger partial charge in [-0.15, -0.1) is 0 Å². The van der Waals surface area contributed by atoms with E-state index in [1.54, 1.807) is 7.11 Å². The van der Waals surface area contributed by atoms with Crippen LogP contribution < -0.4 is 19.7 Å². The average Bonchev–Trinajstić information content (AvgIpc) is 2.70. The first-order chi connectivity index (χ1) is 13.2. The largest absolute Gasteiger partial charge is 0.495 e. The Morgan fingerprint density at radius 2 is 1.74 bits per heavy atom. The van der Waals surface area contributed by atoms with Gasteiger partial charge in [0, 0.05) is 31.9 Å². The number of nitrogens with one attached hydrogen (secondary N) is 1. The molecule has 3 rings (SSSR count). The molecular formula is C21H27N3O3. The summed E-state index contributed by atoms with van der Waals surface area (Å²) in [6.07, 6.45) is 0. The summed E-state index contributed by atoms with van der Waals surface area (Å²) in [6, 6.07) is 15.5. The Balaban J connectivity index is 1.48. The first kappa shape index (κ1) is 19.0. The zero-order chi connectivity index (χ0) is 19.1. The highest BCUT2D eigenvalue weighted by Crippen LogP contribution is 2.28. The number of anilines is 2. The molecule has 2 aromatic carbocycles. The molecule has 27 heavy (non-hydrogen) atoms. The summed E-state index contributed by atoms with van der Waals surface area (Å²) >= 11 is 0. The molecule has 1 heterocycles. The molecule has 0 aliphatic carbocycles. The molecule has 0 saturated carbocycles. The van der Waals surface area contributed by atoms with Gasteiger partial charge in [0.15, 0.2) is 0 Å². The Morgan fingerprint density at radius 3 is 2.41 bits per heavy atom. The highest BCUT2D eigenvalue weighted by atomic mass is 16.5. The van der Waals surface area contributed by atoms with Gasteiger partial charge in [0.2, 0.25) is 5.91 Å². The number of rotatable bonds is 7. The molecule has 1 N–H and O–H groups in total. The Kier molecular flexibility index (Phi) is 6.54. The number of ether oxygens (including phenoxy) is 2. The van der Waals surface area contributed by atoms with Gasteiger partial charge in [-0.25, -0.2) is 0 Å². The van der Waals surface area contributed by atoms with Crippen molar-refractivity contribution in [3.8, 4) is 11.5 Å². The van der Waals surface area contributed by atoms with Crippen LogP contribution in [0.1, 0.15) is 6.92 Å². The lowest BCUT2D eigenvalue weighted by Gasteiger charge is -2.36. The lowest BCUT2D eigenvalue weighted by atomic mass is 10.2. The van der Waals surface area contributed by atoms with Crippen molar-refractivity contribution in [2.75, 3.05) is 56.7 Å². The fraction of sp³-hybridized carbons (Fsp3) is 0.381. The third-order valence-electron chi connectivity index (χ3n) is 4.61. The summed E-state index contributed by atoms with van der Waals surface area (Å²) in [5, 5.41) is 2.95. The van der Waals surface area contributed by atoms with Gasteiger partial charge in [-0.1, -0.05) is 12.1 Å². The van der Waals surface area contributed by atoms with E-state index in [9.17, 15) is 4.79 Å². The minimum Gasteiger partial charge on any atom is -0.495 e. The molecule has 2 aromatic rings. The van der Waals surface area contributed by atoms with Crippen LogP contribution >= 0.6 is 0 Å². The van der Waals surface area contributed by atoms with Crippen LogP contribution in [0.3, 0.4) is 0 Å². The normalized spacial score (nSPS) is 14.7. The maximum atomic E-state index is 12.3. The predicted octanol–water partition coefficient (Wildman–Crippen LogP) is 2.85. The first-order valence-corrected chi connectivity index (χ1v) is 9.32. The minimum atomic E-state index is 0.00454. The van der Waals surface area contributed by atoms with Crippen LogP contribution in [-0.2, 0) is 4.79 Å².